The number of rotatable bonds is 3. The zero-order valence-electron chi connectivity index (χ0n) is 10.8. The Labute approximate surface area is 110 Å². The van der Waals surface area contributed by atoms with Gasteiger partial charge in [-0.2, -0.15) is 0 Å². The molecule has 5 heteroatoms. The number of carboxylic acid groups (broad SMARTS) is 1. The normalized spacial score (nSPS) is 16.3. The molecule has 19 heavy (non-hydrogen) atoms. The Hall–Kier alpha value is -2.17. The lowest BCUT2D eigenvalue weighted by Crippen LogP contribution is -2.19. The van der Waals surface area contributed by atoms with E-state index in [0.29, 0.717) is 12.8 Å². The van der Waals surface area contributed by atoms with Crippen molar-refractivity contribution in [3.63, 3.8) is 0 Å². The fraction of sp³-hybridized carbons (Fsp3) is 0.357. The van der Waals surface area contributed by atoms with Gasteiger partial charge in [0, 0.05) is 23.5 Å². The van der Waals surface area contributed by atoms with Gasteiger partial charge in [0.2, 0.25) is 0 Å². The van der Waals surface area contributed by atoms with E-state index in [1.807, 2.05) is 19.9 Å². The number of pyridine rings is 1. The summed E-state index contributed by atoms with van der Waals surface area (Å²) in [6.45, 7) is 3.70. The van der Waals surface area contributed by atoms with Crippen LogP contribution in [0.3, 0.4) is 0 Å². The summed E-state index contributed by atoms with van der Waals surface area (Å²) in [5.74, 6) is -0.0539. The minimum absolute atomic E-state index is 0.676. The van der Waals surface area contributed by atoms with E-state index >= 15 is 0 Å². The number of hydrogen-bond acceptors (Lipinski definition) is 4. The molecule has 1 N–H and O–H groups in total. The van der Waals surface area contributed by atoms with E-state index in [2.05, 4.69) is 10.1 Å². The predicted octanol–water partition coefficient (Wildman–Crippen LogP) is 2.47. The van der Waals surface area contributed by atoms with Gasteiger partial charge in [-0.3, -0.25) is 9.78 Å². The highest BCUT2D eigenvalue weighted by atomic mass is 16.5. The third kappa shape index (κ3) is 1.73. The van der Waals surface area contributed by atoms with Crippen LogP contribution in [0.1, 0.15) is 29.9 Å². The Balaban J connectivity index is 2.09. The van der Waals surface area contributed by atoms with Gasteiger partial charge in [-0.15, -0.1) is 0 Å². The summed E-state index contributed by atoms with van der Waals surface area (Å²) >= 11 is 0. The molecule has 3 rings (SSSR count). The van der Waals surface area contributed by atoms with Gasteiger partial charge in [0.15, 0.2) is 0 Å². The molecule has 0 spiro atoms. The molecule has 2 aromatic rings. The number of carboxylic acids is 1. The van der Waals surface area contributed by atoms with Crippen LogP contribution in [0.5, 0.6) is 0 Å². The predicted molar refractivity (Wildman–Crippen MR) is 67.8 cm³/mol. The van der Waals surface area contributed by atoms with Gasteiger partial charge in [-0.1, -0.05) is 5.16 Å². The van der Waals surface area contributed by atoms with Crippen molar-refractivity contribution < 1.29 is 14.4 Å². The monoisotopic (exact) mass is 258 g/mol. The first-order valence-electron chi connectivity index (χ1n) is 6.17. The molecule has 2 heterocycles. The lowest BCUT2D eigenvalue weighted by Gasteiger charge is -2.11. The van der Waals surface area contributed by atoms with Gasteiger partial charge in [0.05, 0.1) is 11.1 Å². The lowest BCUT2D eigenvalue weighted by molar-refractivity contribution is -0.140. The molecule has 0 bridgehead atoms. The Morgan fingerprint density at radius 3 is 2.63 bits per heavy atom. The molecule has 5 nitrogen and oxygen atoms in total. The maximum Gasteiger partial charge on any atom is 0.314 e. The van der Waals surface area contributed by atoms with Gasteiger partial charge >= 0.3 is 5.97 Å². The minimum atomic E-state index is -0.773. The second-order valence-electron chi connectivity index (χ2n) is 5.05. The molecule has 0 saturated heterocycles. The second kappa shape index (κ2) is 3.91. The summed E-state index contributed by atoms with van der Waals surface area (Å²) in [7, 11) is 0. The van der Waals surface area contributed by atoms with Gasteiger partial charge < -0.3 is 9.63 Å². The Bertz CT molecular complexity index is 637. The maximum absolute atomic E-state index is 11.4. The Morgan fingerprint density at radius 2 is 2.11 bits per heavy atom. The average Bonchev–Trinajstić information content (AvgIpc) is 3.13. The van der Waals surface area contributed by atoms with Crippen molar-refractivity contribution >= 4 is 5.97 Å². The van der Waals surface area contributed by atoms with Crippen LogP contribution >= 0.6 is 0 Å². The summed E-state index contributed by atoms with van der Waals surface area (Å²) in [4.78, 5) is 15.5. The summed E-state index contributed by atoms with van der Waals surface area (Å²) in [5.41, 5.74) is 2.58. The first-order chi connectivity index (χ1) is 9.04. The second-order valence-corrected chi connectivity index (χ2v) is 5.05. The fourth-order valence-corrected chi connectivity index (χ4v) is 2.48. The van der Waals surface area contributed by atoms with Crippen molar-refractivity contribution in [1.29, 1.82) is 0 Å². The molecule has 98 valence electrons. The Kier molecular flexibility index (Phi) is 2.45. The topological polar surface area (TPSA) is 76.2 Å². The molecule has 2 aromatic heterocycles. The highest BCUT2D eigenvalue weighted by Gasteiger charge is 2.52. The number of aliphatic carboxylic acids is 1. The number of hydrogen-bond donors (Lipinski definition) is 1. The largest absolute Gasteiger partial charge is 0.481 e. The number of aromatic nitrogens is 2. The molecule has 0 amide bonds. The van der Waals surface area contributed by atoms with Crippen molar-refractivity contribution in [1.82, 2.24) is 10.1 Å². The van der Waals surface area contributed by atoms with Crippen LogP contribution in [-0.4, -0.2) is 21.2 Å². The third-order valence-electron chi connectivity index (χ3n) is 3.77. The zero-order chi connectivity index (χ0) is 13.6. The van der Waals surface area contributed by atoms with Gasteiger partial charge in [0.25, 0.3) is 0 Å². The van der Waals surface area contributed by atoms with Crippen LogP contribution < -0.4 is 0 Å². The summed E-state index contributed by atoms with van der Waals surface area (Å²) in [5, 5.41) is 13.2. The number of aryl methyl sites for hydroxylation is 2. The van der Waals surface area contributed by atoms with E-state index in [4.69, 9.17) is 4.52 Å². The standard InChI is InChI=1S/C14H14N2O3/c1-8-12(9(2)19-16-8)10-5-11(7-15-6-10)14(3-4-14)13(17)18/h5-7H,3-4H2,1-2H3,(H,17,18). The van der Waals surface area contributed by atoms with E-state index in [9.17, 15) is 9.90 Å². The Morgan fingerprint density at radius 1 is 1.37 bits per heavy atom. The van der Waals surface area contributed by atoms with Crippen molar-refractivity contribution in [3.8, 4) is 11.1 Å². The molecule has 1 aliphatic carbocycles. The highest BCUT2D eigenvalue weighted by molar-refractivity contribution is 5.85. The molecule has 1 saturated carbocycles. The van der Waals surface area contributed by atoms with Crippen molar-refractivity contribution in [2.75, 3.05) is 0 Å². The number of carbonyl (C=O) groups is 1. The maximum atomic E-state index is 11.4. The molecule has 1 fully saturated rings. The van der Waals surface area contributed by atoms with Gasteiger partial charge in [-0.05, 0) is 38.3 Å². The first-order valence-corrected chi connectivity index (χ1v) is 6.17. The highest BCUT2D eigenvalue weighted by Crippen LogP contribution is 2.48. The third-order valence-corrected chi connectivity index (χ3v) is 3.77. The lowest BCUT2D eigenvalue weighted by atomic mass is 9.95. The van der Waals surface area contributed by atoms with E-state index in [-0.39, 0.29) is 0 Å². The summed E-state index contributed by atoms with van der Waals surface area (Å²) in [6.07, 6.45) is 4.71. The molecule has 0 aromatic carbocycles. The molecule has 0 unspecified atom stereocenters. The molecule has 0 atom stereocenters. The molecule has 0 aliphatic heterocycles. The van der Waals surface area contributed by atoms with Crippen LogP contribution in [-0.2, 0) is 10.2 Å². The zero-order valence-corrected chi connectivity index (χ0v) is 10.8. The first kappa shape index (κ1) is 11.9. The van der Waals surface area contributed by atoms with Crippen LogP contribution in [0.15, 0.2) is 23.0 Å². The smallest absolute Gasteiger partial charge is 0.314 e. The van der Waals surface area contributed by atoms with Crippen molar-refractivity contribution in [3.05, 3.63) is 35.5 Å². The molecular weight excluding hydrogens is 244 g/mol. The molecule has 1 aliphatic rings. The van der Waals surface area contributed by atoms with Gasteiger partial charge in [0.1, 0.15) is 5.76 Å². The average molecular weight is 258 g/mol. The fourth-order valence-electron chi connectivity index (χ4n) is 2.48. The molecule has 0 radical (unpaired) electrons. The van der Waals surface area contributed by atoms with E-state index in [1.54, 1.807) is 12.4 Å². The van der Waals surface area contributed by atoms with E-state index in [1.165, 1.54) is 0 Å². The van der Waals surface area contributed by atoms with E-state index < -0.39 is 11.4 Å². The molecular formula is C14H14N2O3. The summed E-state index contributed by atoms with van der Waals surface area (Å²) < 4.78 is 5.14. The quantitative estimate of drug-likeness (QED) is 0.915. The van der Waals surface area contributed by atoms with Crippen LogP contribution in [0.4, 0.5) is 0 Å². The van der Waals surface area contributed by atoms with Crippen molar-refractivity contribution in [2.45, 2.75) is 32.1 Å². The van der Waals surface area contributed by atoms with E-state index in [0.717, 1.165) is 28.1 Å². The van der Waals surface area contributed by atoms with Gasteiger partial charge in [-0.25, -0.2) is 0 Å². The summed E-state index contributed by atoms with van der Waals surface area (Å²) in [6, 6.07) is 1.89. The van der Waals surface area contributed by atoms with Crippen molar-refractivity contribution in [2.24, 2.45) is 0 Å². The minimum Gasteiger partial charge on any atom is -0.481 e. The SMILES string of the molecule is Cc1noc(C)c1-c1cncc(C2(C(=O)O)CC2)c1. The number of nitrogens with zero attached hydrogens (tertiary/aromatic N) is 2. The van der Waals surface area contributed by atoms with Crippen LogP contribution in [0.25, 0.3) is 11.1 Å². The van der Waals surface area contributed by atoms with Crippen LogP contribution in [0.2, 0.25) is 0 Å². The van der Waals surface area contributed by atoms with Crippen LogP contribution in [0, 0.1) is 13.8 Å².